The highest BCUT2D eigenvalue weighted by Crippen LogP contribution is 2.09. The number of benzene rings is 1. The summed E-state index contributed by atoms with van der Waals surface area (Å²) in [6.45, 7) is 1.81. The lowest BCUT2D eigenvalue weighted by molar-refractivity contribution is -0.107. The van der Waals surface area contributed by atoms with Crippen LogP contribution in [0.2, 0.25) is 0 Å². The van der Waals surface area contributed by atoms with Gasteiger partial charge in [0.05, 0.1) is 9.47 Å². The normalized spacial score (nSPS) is 6.71. The summed E-state index contributed by atoms with van der Waals surface area (Å²) in [7, 11) is 2.19. The topological polar surface area (TPSA) is 26.3 Å². The van der Waals surface area contributed by atoms with Crippen molar-refractivity contribution in [3.8, 4) is 5.75 Å². The van der Waals surface area contributed by atoms with Crippen LogP contribution in [0.4, 0.5) is 0 Å². The summed E-state index contributed by atoms with van der Waals surface area (Å²) >= 11 is 0. The van der Waals surface area contributed by atoms with Crippen molar-refractivity contribution in [1.82, 2.24) is 0 Å². The second kappa shape index (κ2) is 14.6. The summed E-state index contributed by atoms with van der Waals surface area (Å²) < 4.78 is 4.83. The molecule has 0 aliphatic rings. The minimum atomic E-state index is 0. The van der Waals surface area contributed by atoms with Crippen molar-refractivity contribution in [2.45, 2.75) is 28.2 Å². The summed E-state index contributed by atoms with van der Waals surface area (Å²) in [5.74, 6) is 0.873. The van der Waals surface area contributed by atoms with Crippen molar-refractivity contribution in [3.05, 3.63) is 30.3 Å². The van der Waals surface area contributed by atoms with Gasteiger partial charge >= 0.3 is 0 Å². The standard InChI is InChI=1S/C6H7OP.C3H6O.2CH4/c8-7-6-4-2-1-3-5-6;1-2-3-4;;/h1-5H,8H2;3H,2H2,1H3;2*1H4. The zero-order chi connectivity index (χ0) is 9.23. The smallest absolute Gasteiger partial charge is 0.122 e. The molecule has 2 nitrogen and oxygen atoms in total. The van der Waals surface area contributed by atoms with Crippen molar-refractivity contribution in [2.24, 2.45) is 0 Å². The van der Waals surface area contributed by atoms with E-state index < -0.39 is 0 Å². The van der Waals surface area contributed by atoms with Crippen molar-refractivity contribution in [3.63, 3.8) is 0 Å². The van der Waals surface area contributed by atoms with Crippen molar-refractivity contribution >= 4 is 15.8 Å². The van der Waals surface area contributed by atoms with Crippen molar-refractivity contribution in [1.29, 1.82) is 0 Å². The average Bonchev–Trinajstić information content (AvgIpc) is 2.19. The molecular formula is C11H21O2P. The summed E-state index contributed by atoms with van der Waals surface area (Å²) in [5.41, 5.74) is 0. The van der Waals surface area contributed by atoms with Gasteiger partial charge in [0.15, 0.2) is 0 Å². The van der Waals surface area contributed by atoms with E-state index in [4.69, 9.17) is 4.52 Å². The molecule has 0 spiro atoms. The average molecular weight is 216 g/mol. The molecule has 82 valence electrons. The molecule has 0 fully saturated rings. The molecule has 1 atom stereocenters. The zero-order valence-electron chi connectivity index (χ0n) is 7.07. The van der Waals surface area contributed by atoms with E-state index in [0.717, 1.165) is 12.0 Å². The van der Waals surface area contributed by atoms with Crippen LogP contribution in [0, 0.1) is 0 Å². The van der Waals surface area contributed by atoms with Gasteiger partial charge < -0.3 is 9.32 Å². The van der Waals surface area contributed by atoms with E-state index in [1.54, 1.807) is 0 Å². The molecule has 3 heteroatoms. The van der Waals surface area contributed by atoms with Gasteiger partial charge in [0, 0.05) is 6.42 Å². The van der Waals surface area contributed by atoms with E-state index in [9.17, 15) is 4.79 Å². The highest BCUT2D eigenvalue weighted by Gasteiger charge is 1.80. The Balaban J connectivity index is -0.000000180. The molecule has 0 heterocycles. The first-order valence-electron chi connectivity index (χ1n) is 3.70. The van der Waals surface area contributed by atoms with E-state index in [-0.39, 0.29) is 14.9 Å². The van der Waals surface area contributed by atoms with Gasteiger partial charge in [-0.05, 0) is 12.1 Å². The van der Waals surface area contributed by atoms with E-state index in [1.165, 1.54) is 0 Å². The van der Waals surface area contributed by atoms with Gasteiger partial charge in [0.25, 0.3) is 0 Å². The molecule has 0 saturated heterocycles. The largest absolute Gasteiger partial charge is 0.480 e. The Kier molecular flexibility index (Phi) is 19.7. The molecule has 0 aromatic heterocycles. The van der Waals surface area contributed by atoms with Crippen LogP contribution < -0.4 is 4.52 Å². The fourth-order valence-corrected chi connectivity index (χ4v) is 0.656. The first-order chi connectivity index (χ1) is 5.85. The molecule has 1 unspecified atom stereocenters. The Bertz CT molecular complexity index is 200. The third-order valence-corrected chi connectivity index (χ3v) is 1.32. The van der Waals surface area contributed by atoms with Crippen molar-refractivity contribution in [2.75, 3.05) is 0 Å². The molecular weight excluding hydrogens is 195 g/mol. The number of hydrogen-bond acceptors (Lipinski definition) is 2. The molecule has 0 amide bonds. The van der Waals surface area contributed by atoms with E-state index in [2.05, 4.69) is 9.47 Å². The lowest BCUT2D eigenvalue weighted by Crippen LogP contribution is -1.68. The highest BCUT2D eigenvalue weighted by atomic mass is 31.0. The molecule has 1 aromatic rings. The maximum atomic E-state index is 9.17. The van der Waals surface area contributed by atoms with E-state index in [1.807, 2.05) is 37.3 Å². The third-order valence-electron chi connectivity index (χ3n) is 1.05. The van der Waals surface area contributed by atoms with E-state index >= 15 is 0 Å². The number of hydrogen-bond donors (Lipinski definition) is 0. The van der Waals surface area contributed by atoms with Crippen LogP contribution in [0.15, 0.2) is 30.3 Å². The Labute approximate surface area is 90.0 Å². The summed E-state index contributed by atoms with van der Waals surface area (Å²) in [6.07, 6.45) is 1.51. The SMILES string of the molecule is C.C.CCC=O.POc1ccccc1. The molecule has 0 bridgehead atoms. The molecule has 1 aromatic carbocycles. The molecule has 0 saturated carbocycles. The van der Waals surface area contributed by atoms with Gasteiger partial charge in [-0.2, -0.15) is 0 Å². The van der Waals surface area contributed by atoms with E-state index in [0.29, 0.717) is 6.42 Å². The Morgan fingerprint density at radius 3 is 1.93 bits per heavy atom. The van der Waals surface area contributed by atoms with Crippen LogP contribution in [0.3, 0.4) is 0 Å². The van der Waals surface area contributed by atoms with Gasteiger partial charge in [-0.15, -0.1) is 0 Å². The van der Waals surface area contributed by atoms with Crippen LogP contribution in [0.1, 0.15) is 28.2 Å². The van der Waals surface area contributed by atoms with Crippen LogP contribution in [-0.2, 0) is 4.79 Å². The van der Waals surface area contributed by atoms with Crippen LogP contribution in [-0.4, -0.2) is 6.29 Å². The summed E-state index contributed by atoms with van der Waals surface area (Å²) in [4.78, 5) is 9.17. The fraction of sp³-hybridized carbons (Fsp3) is 0.364. The van der Waals surface area contributed by atoms with Gasteiger partial charge in [-0.25, -0.2) is 0 Å². The lowest BCUT2D eigenvalue weighted by atomic mass is 10.3. The number of rotatable bonds is 2. The Hall–Kier alpha value is -0.880. The van der Waals surface area contributed by atoms with Crippen LogP contribution >= 0.6 is 9.47 Å². The van der Waals surface area contributed by atoms with Crippen LogP contribution in [0.5, 0.6) is 5.75 Å². The van der Waals surface area contributed by atoms with Crippen LogP contribution in [0.25, 0.3) is 0 Å². The first kappa shape index (κ1) is 18.8. The predicted molar refractivity (Wildman–Crippen MR) is 66.6 cm³/mol. The Morgan fingerprint density at radius 2 is 1.71 bits per heavy atom. The molecule has 14 heavy (non-hydrogen) atoms. The number of carbonyl (C=O) groups is 1. The number of carbonyl (C=O) groups excluding carboxylic acids is 1. The number of aldehydes is 1. The first-order valence-corrected chi connectivity index (χ1v) is 4.17. The summed E-state index contributed by atoms with van der Waals surface area (Å²) in [6, 6.07) is 9.60. The van der Waals surface area contributed by atoms with Gasteiger partial charge in [-0.1, -0.05) is 40.0 Å². The summed E-state index contributed by atoms with van der Waals surface area (Å²) in [5, 5.41) is 0. The molecule has 0 aliphatic heterocycles. The second-order valence-corrected chi connectivity index (χ2v) is 2.24. The van der Waals surface area contributed by atoms with Crippen molar-refractivity contribution < 1.29 is 9.32 Å². The Morgan fingerprint density at radius 1 is 1.29 bits per heavy atom. The third kappa shape index (κ3) is 11.1. The fourth-order valence-electron chi connectivity index (χ4n) is 0.499. The zero-order valence-corrected chi connectivity index (χ0v) is 8.22. The molecule has 0 radical (unpaired) electrons. The molecule has 1 rings (SSSR count). The quantitative estimate of drug-likeness (QED) is 0.556. The van der Waals surface area contributed by atoms with Gasteiger partial charge in [0.1, 0.15) is 12.0 Å². The lowest BCUT2D eigenvalue weighted by Gasteiger charge is -1.93. The minimum absolute atomic E-state index is 0. The molecule has 0 aliphatic carbocycles. The highest BCUT2D eigenvalue weighted by molar-refractivity contribution is 7.10. The predicted octanol–water partition coefficient (Wildman–Crippen LogP) is 3.72. The molecule has 0 N–H and O–H groups in total. The second-order valence-electron chi connectivity index (χ2n) is 2.01. The maximum absolute atomic E-state index is 9.17. The monoisotopic (exact) mass is 216 g/mol. The minimum Gasteiger partial charge on any atom is -0.480 e. The van der Waals surface area contributed by atoms with Gasteiger partial charge in [-0.3, -0.25) is 0 Å². The maximum Gasteiger partial charge on any atom is 0.122 e. The number of para-hydroxylation sites is 1. The van der Waals surface area contributed by atoms with Gasteiger partial charge in [0.2, 0.25) is 0 Å².